The van der Waals surface area contributed by atoms with Crippen LogP contribution >= 0.6 is 15.9 Å². The smallest absolute Gasteiger partial charge is 0.303 e. The molecule has 0 bridgehead atoms. The van der Waals surface area contributed by atoms with Gasteiger partial charge in [0.15, 0.2) is 5.78 Å². The van der Waals surface area contributed by atoms with E-state index in [1.165, 1.54) is 0 Å². The zero-order valence-electron chi connectivity index (χ0n) is 11.0. The molecular formula is C14H17BrO4. The number of rotatable bonds is 7. The van der Waals surface area contributed by atoms with E-state index in [1.807, 2.05) is 0 Å². The Morgan fingerprint density at radius 1 is 1.26 bits per heavy atom. The summed E-state index contributed by atoms with van der Waals surface area (Å²) in [6, 6.07) is 6.84. The fraction of sp³-hybridized carbons (Fsp3) is 0.429. The van der Waals surface area contributed by atoms with E-state index in [0.29, 0.717) is 24.3 Å². The van der Waals surface area contributed by atoms with Gasteiger partial charge in [-0.1, -0.05) is 15.9 Å². The SMILES string of the molecule is CC(C)(Br)C(=O)c1ccc(OCCCC(=O)O)cc1. The molecule has 5 heteroatoms. The number of benzene rings is 1. The summed E-state index contributed by atoms with van der Waals surface area (Å²) in [4.78, 5) is 22.3. The first-order chi connectivity index (χ1) is 8.80. The molecule has 1 aromatic carbocycles. The van der Waals surface area contributed by atoms with E-state index in [1.54, 1.807) is 38.1 Å². The van der Waals surface area contributed by atoms with E-state index in [4.69, 9.17) is 9.84 Å². The van der Waals surface area contributed by atoms with Crippen LogP contribution in [0.2, 0.25) is 0 Å². The van der Waals surface area contributed by atoms with Gasteiger partial charge in [-0.2, -0.15) is 0 Å². The van der Waals surface area contributed by atoms with Gasteiger partial charge in [-0.25, -0.2) is 0 Å². The predicted molar refractivity (Wildman–Crippen MR) is 76.1 cm³/mol. The van der Waals surface area contributed by atoms with Crippen molar-refractivity contribution in [1.29, 1.82) is 0 Å². The highest BCUT2D eigenvalue weighted by Gasteiger charge is 2.24. The molecule has 0 saturated heterocycles. The zero-order valence-corrected chi connectivity index (χ0v) is 12.6. The minimum atomic E-state index is -0.830. The molecule has 1 aromatic rings. The molecule has 0 heterocycles. The lowest BCUT2D eigenvalue weighted by Crippen LogP contribution is -2.23. The standard InChI is InChI=1S/C14H17BrO4/c1-14(2,15)13(18)10-5-7-11(8-6-10)19-9-3-4-12(16)17/h5-8H,3-4,9H2,1-2H3,(H,16,17). The van der Waals surface area contributed by atoms with E-state index in [0.717, 1.165) is 0 Å². The summed E-state index contributed by atoms with van der Waals surface area (Å²) in [5.74, 6) is -0.191. The first kappa shape index (κ1) is 15.7. The Hall–Kier alpha value is -1.36. The quantitative estimate of drug-likeness (QED) is 0.474. The van der Waals surface area contributed by atoms with Crippen molar-refractivity contribution >= 4 is 27.7 Å². The third-order valence-corrected chi connectivity index (χ3v) is 2.82. The van der Waals surface area contributed by atoms with E-state index in [-0.39, 0.29) is 12.2 Å². The average Bonchev–Trinajstić information content (AvgIpc) is 2.33. The van der Waals surface area contributed by atoms with Crippen LogP contribution in [0, 0.1) is 0 Å². The second-order valence-corrected chi connectivity index (χ2v) is 6.65. The molecule has 4 nitrogen and oxygen atoms in total. The van der Waals surface area contributed by atoms with Crippen molar-refractivity contribution in [3.05, 3.63) is 29.8 Å². The van der Waals surface area contributed by atoms with Crippen LogP contribution in [0.15, 0.2) is 24.3 Å². The van der Waals surface area contributed by atoms with E-state index < -0.39 is 10.3 Å². The van der Waals surface area contributed by atoms with Gasteiger partial charge in [0.05, 0.1) is 10.9 Å². The molecule has 0 atom stereocenters. The van der Waals surface area contributed by atoms with Gasteiger partial charge >= 0.3 is 5.97 Å². The average molecular weight is 329 g/mol. The molecule has 0 spiro atoms. The lowest BCUT2D eigenvalue weighted by atomic mass is 10.0. The van der Waals surface area contributed by atoms with E-state index in [9.17, 15) is 9.59 Å². The third kappa shape index (κ3) is 5.42. The number of carboxylic acid groups (broad SMARTS) is 1. The summed E-state index contributed by atoms with van der Waals surface area (Å²) in [5, 5.41) is 8.49. The lowest BCUT2D eigenvalue weighted by molar-refractivity contribution is -0.137. The van der Waals surface area contributed by atoms with Crippen molar-refractivity contribution in [2.75, 3.05) is 6.61 Å². The van der Waals surface area contributed by atoms with Crippen LogP contribution in [-0.4, -0.2) is 27.8 Å². The van der Waals surface area contributed by atoms with Gasteiger partial charge in [0, 0.05) is 12.0 Å². The molecule has 0 saturated carbocycles. The summed E-state index contributed by atoms with van der Waals surface area (Å²) >= 11 is 3.33. The molecule has 0 aliphatic rings. The number of carbonyl (C=O) groups excluding carboxylic acids is 1. The topological polar surface area (TPSA) is 63.6 Å². The number of halogens is 1. The number of ketones is 1. The van der Waals surface area contributed by atoms with Gasteiger partial charge in [0.2, 0.25) is 0 Å². The van der Waals surface area contributed by atoms with Crippen molar-refractivity contribution in [2.24, 2.45) is 0 Å². The van der Waals surface area contributed by atoms with Crippen LogP contribution in [0.1, 0.15) is 37.0 Å². The summed E-state index contributed by atoms with van der Waals surface area (Å²) in [6.07, 6.45) is 0.554. The summed E-state index contributed by atoms with van der Waals surface area (Å²) in [5.41, 5.74) is 0.611. The Kier molecular flexibility index (Phi) is 5.54. The molecule has 1 N–H and O–H groups in total. The molecule has 0 fully saturated rings. The number of carboxylic acids is 1. The maximum atomic E-state index is 12.0. The van der Waals surface area contributed by atoms with Crippen molar-refractivity contribution in [1.82, 2.24) is 0 Å². The molecule has 0 aliphatic heterocycles. The minimum absolute atomic E-state index is 0.00456. The monoisotopic (exact) mass is 328 g/mol. The minimum Gasteiger partial charge on any atom is -0.494 e. The second kappa shape index (κ2) is 6.70. The molecule has 0 aromatic heterocycles. The number of aliphatic carboxylic acids is 1. The molecule has 0 unspecified atom stereocenters. The normalized spacial score (nSPS) is 11.1. The third-order valence-electron chi connectivity index (χ3n) is 2.46. The van der Waals surface area contributed by atoms with Crippen LogP contribution in [0.4, 0.5) is 0 Å². The molecule has 0 radical (unpaired) electrons. The Balaban J connectivity index is 2.53. The largest absolute Gasteiger partial charge is 0.494 e. The number of hydrogen-bond acceptors (Lipinski definition) is 3. The highest BCUT2D eigenvalue weighted by atomic mass is 79.9. The fourth-order valence-electron chi connectivity index (χ4n) is 1.46. The first-order valence-corrected chi connectivity index (χ1v) is 6.78. The fourth-order valence-corrected chi connectivity index (χ4v) is 1.69. The highest BCUT2D eigenvalue weighted by Crippen LogP contribution is 2.23. The Morgan fingerprint density at radius 3 is 2.32 bits per heavy atom. The number of carbonyl (C=O) groups is 2. The second-order valence-electron chi connectivity index (χ2n) is 4.67. The van der Waals surface area contributed by atoms with Crippen LogP contribution in [0.5, 0.6) is 5.75 Å². The van der Waals surface area contributed by atoms with Crippen LogP contribution in [0.25, 0.3) is 0 Å². The first-order valence-electron chi connectivity index (χ1n) is 5.99. The van der Waals surface area contributed by atoms with Gasteiger partial charge in [-0.05, 0) is 44.5 Å². The lowest BCUT2D eigenvalue weighted by Gasteiger charge is -2.14. The Morgan fingerprint density at radius 2 is 1.84 bits per heavy atom. The Bertz CT molecular complexity index is 446. The van der Waals surface area contributed by atoms with Crippen LogP contribution in [-0.2, 0) is 4.79 Å². The van der Waals surface area contributed by atoms with E-state index >= 15 is 0 Å². The zero-order chi connectivity index (χ0) is 14.5. The van der Waals surface area contributed by atoms with Crippen molar-refractivity contribution in [2.45, 2.75) is 31.0 Å². The van der Waals surface area contributed by atoms with Gasteiger partial charge in [-0.3, -0.25) is 9.59 Å². The number of Topliss-reactive ketones (excluding diaryl/α,β-unsaturated/α-hetero) is 1. The van der Waals surface area contributed by atoms with Crippen LogP contribution in [0.3, 0.4) is 0 Å². The predicted octanol–water partition coefficient (Wildman–Crippen LogP) is 3.29. The van der Waals surface area contributed by atoms with Gasteiger partial charge in [0.25, 0.3) is 0 Å². The summed E-state index contributed by atoms with van der Waals surface area (Å²) in [6.45, 7) is 3.95. The molecule has 0 aliphatic carbocycles. The number of ether oxygens (including phenoxy) is 1. The van der Waals surface area contributed by atoms with Gasteiger partial charge < -0.3 is 9.84 Å². The molecule has 1 rings (SSSR count). The van der Waals surface area contributed by atoms with Crippen molar-refractivity contribution < 1.29 is 19.4 Å². The maximum Gasteiger partial charge on any atom is 0.303 e. The van der Waals surface area contributed by atoms with E-state index in [2.05, 4.69) is 15.9 Å². The van der Waals surface area contributed by atoms with Crippen molar-refractivity contribution in [3.8, 4) is 5.75 Å². The highest BCUT2D eigenvalue weighted by molar-refractivity contribution is 9.10. The Labute approximate surface area is 120 Å². The molecule has 0 amide bonds. The number of alkyl halides is 1. The molecule has 19 heavy (non-hydrogen) atoms. The van der Waals surface area contributed by atoms with Crippen molar-refractivity contribution in [3.63, 3.8) is 0 Å². The van der Waals surface area contributed by atoms with Crippen LogP contribution < -0.4 is 4.74 Å². The van der Waals surface area contributed by atoms with Gasteiger partial charge in [0.1, 0.15) is 5.75 Å². The maximum absolute atomic E-state index is 12.0. The molecular weight excluding hydrogens is 312 g/mol. The number of hydrogen-bond donors (Lipinski definition) is 1. The molecule has 104 valence electrons. The summed E-state index contributed by atoms with van der Waals surface area (Å²) in [7, 11) is 0. The summed E-state index contributed by atoms with van der Waals surface area (Å²) < 4.78 is 4.80. The van der Waals surface area contributed by atoms with Gasteiger partial charge in [-0.15, -0.1) is 0 Å².